The van der Waals surface area contributed by atoms with Crippen LogP contribution in [0.2, 0.25) is 0 Å². The number of allylic oxidation sites excluding steroid dienone is 4. The first-order valence-electron chi connectivity index (χ1n) is 33.8. The lowest BCUT2D eigenvalue weighted by molar-refractivity contribution is -0.870. The molecule has 0 rings (SSSR count). The van der Waals surface area contributed by atoms with Crippen LogP contribution in [0.5, 0.6) is 0 Å². The second-order valence-electron chi connectivity index (χ2n) is 24.7. The van der Waals surface area contributed by atoms with E-state index in [1.54, 1.807) is 0 Å². The van der Waals surface area contributed by atoms with Crippen molar-refractivity contribution in [2.24, 2.45) is 0 Å². The molecule has 0 bridgehead atoms. The number of phosphoric acid groups is 1. The van der Waals surface area contributed by atoms with Crippen molar-refractivity contribution in [2.75, 3.05) is 40.9 Å². The fourth-order valence-corrected chi connectivity index (χ4v) is 11.2. The summed E-state index contributed by atoms with van der Waals surface area (Å²) in [6.07, 6.45) is 71.7. The Kier molecular flexibility index (Phi) is 57.3. The molecular weight excluding hydrogens is 976 g/mol. The molecule has 9 nitrogen and oxygen atoms in total. The Hall–Kier alpha value is -1.06. The van der Waals surface area contributed by atoms with Gasteiger partial charge < -0.3 is 34.0 Å². The van der Waals surface area contributed by atoms with Crippen molar-refractivity contribution >= 4 is 13.7 Å². The number of aliphatic hydroxyl groups is 2. The maximum absolute atomic E-state index is 13.0. The molecule has 0 heterocycles. The standard InChI is InChI=1S/C67H133N2O7P/c1-6-8-10-12-14-16-18-20-21-22-23-24-25-26-27-28-29-30-31-32-33-34-35-36-37-38-39-40-41-42-43-44-45-46-47-48-50-52-54-56-58-60-66(71)68-64(63-76-77(73,74)75-62-61-69(3,4)5)67(72)65(70)59-57-55-53-51-49-19-17-15-13-11-9-7-2/h22-23,51,53,64-65,67,70,72H,6-21,24-50,52,54-63H2,1-5H3,(H-,68,71,73,74)/b23-22-,53-51+. The van der Waals surface area contributed by atoms with E-state index in [0.29, 0.717) is 23.9 Å². The number of likely N-dealkylation sites (N-methyl/N-ethyl adjacent to an activating group) is 1. The Balaban J connectivity index is 3.86. The zero-order chi connectivity index (χ0) is 56.4. The lowest BCUT2D eigenvalue weighted by Crippen LogP contribution is -2.51. The van der Waals surface area contributed by atoms with Crippen molar-refractivity contribution < 1.29 is 38.0 Å². The van der Waals surface area contributed by atoms with Gasteiger partial charge in [0, 0.05) is 6.42 Å². The average Bonchev–Trinajstić information content (AvgIpc) is 3.39. The van der Waals surface area contributed by atoms with E-state index in [-0.39, 0.29) is 18.9 Å². The van der Waals surface area contributed by atoms with E-state index < -0.39 is 32.7 Å². The van der Waals surface area contributed by atoms with E-state index in [0.717, 1.165) is 32.1 Å². The normalized spacial score (nSPS) is 14.2. The molecule has 1 amide bonds. The van der Waals surface area contributed by atoms with Crippen molar-refractivity contribution in [2.45, 2.75) is 360 Å². The molecule has 0 fully saturated rings. The molecule has 0 aromatic carbocycles. The van der Waals surface area contributed by atoms with E-state index >= 15 is 0 Å². The number of quaternary nitrogens is 1. The highest BCUT2D eigenvalue weighted by atomic mass is 31.2. The number of hydrogen-bond acceptors (Lipinski definition) is 7. The number of nitrogens with zero attached hydrogens (tertiary/aromatic N) is 1. The lowest BCUT2D eigenvalue weighted by Gasteiger charge is -2.31. The fourth-order valence-electron chi connectivity index (χ4n) is 10.4. The summed E-state index contributed by atoms with van der Waals surface area (Å²) in [5, 5.41) is 24.7. The van der Waals surface area contributed by atoms with Gasteiger partial charge in [-0.3, -0.25) is 9.36 Å². The zero-order valence-electron chi connectivity index (χ0n) is 52.1. The second kappa shape index (κ2) is 58.1. The number of carbonyl (C=O) groups excluding carboxylic acids is 1. The topological polar surface area (TPSA) is 128 Å². The van der Waals surface area contributed by atoms with Crippen molar-refractivity contribution in [1.82, 2.24) is 5.32 Å². The minimum absolute atomic E-state index is 0.0435. The van der Waals surface area contributed by atoms with Crippen LogP contribution in [0.15, 0.2) is 24.3 Å². The highest BCUT2D eigenvalue weighted by molar-refractivity contribution is 7.45. The van der Waals surface area contributed by atoms with Gasteiger partial charge in [-0.05, 0) is 64.2 Å². The molecule has 0 spiro atoms. The quantitative estimate of drug-likeness (QED) is 0.0239. The zero-order valence-corrected chi connectivity index (χ0v) is 52.9. The third-order valence-electron chi connectivity index (χ3n) is 15.8. The van der Waals surface area contributed by atoms with Crippen LogP contribution in [0.1, 0.15) is 341 Å². The van der Waals surface area contributed by atoms with Gasteiger partial charge in [-0.25, -0.2) is 0 Å². The number of unbranched alkanes of at least 4 members (excludes halogenated alkanes) is 45. The van der Waals surface area contributed by atoms with E-state index in [9.17, 15) is 24.5 Å². The maximum Gasteiger partial charge on any atom is 0.268 e. The second-order valence-corrected chi connectivity index (χ2v) is 26.1. The number of hydrogen-bond donors (Lipinski definition) is 3. The number of nitrogens with one attached hydrogen (secondary N) is 1. The van der Waals surface area contributed by atoms with Crippen LogP contribution in [0.3, 0.4) is 0 Å². The minimum atomic E-state index is -4.68. The van der Waals surface area contributed by atoms with Gasteiger partial charge in [0.25, 0.3) is 7.82 Å². The molecule has 0 aromatic heterocycles. The predicted octanol–water partition coefficient (Wildman–Crippen LogP) is 19.4. The number of phosphoric ester groups is 1. The number of rotatable bonds is 63. The van der Waals surface area contributed by atoms with Gasteiger partial charge in [-0.1, -0.05) is 295 Å². The first-order valence-corrected chi connectivity index (χ1v) is 35.2. The minimum Gasteiger partial charge on any atom is -0.756 e. The number of amides is 1. The highest BCUT2D eigenvalue weighted by Gasteiger charge is 2.29. The summed E-state index contributed by atoms with van der Waals surface area (Å²) in [4.78, 5) is 25.6. The molecule has 0 aliphatic heterocycles. The van der Waals surface area contributed by atoms with Gasteiger partial charge in [0.1, 0.15) is 19.3 Å². The first kappa shape index (κ1) is 75.9. The van der Waals surface area contributed by atoms with E-state index in [1.807, 2.05) is 21.1 Å². The summed E-state index contributed by atoms with van der Waals surface area (Å²) in [5.41, 5.74) is 0. The largest absolute Gasteiger partial charge is 0.756 e. The summed E-state index contributed by atoms with van der Waals surface area (Å²) in [5.74, 6) is -0.282. The van der Waals surface area contributed by atoms with E-state index in [4.69, 9.17) is 9.05 Å². The van der Waals surface area contributed by atoms with Crippen molar-refractivity contribution in [1.29, 1.82) is 0 Å². The van der Waals surface area contributed by atoms with Crippen molar-refractivity contribution in [3.63, 3.8) is 0 Å². The summed E-state index contributed by atoms with van der Waals surface area (Å²) in [6.45, 7) is 4.45. The predicted molar refractivity (Wildman–Crippen MR) is 331 cm³/mol. The van der Waals surface area contributed by atoms with Crippen LogP contribution in [0.4, 0.5) is 0 Å². The molecule has 3 N–H and O–H groups in total. The molecule has 0 aliphatic carbocycles. The smallest absolute Gasteiger partial charge is 0.268 e. The molecule has 4 unspecified atom stereocenters. The number of aliphatic hydroxyl groups excluding tert-OH is 2. The Morgan fingerprint density at radius 1 is 0.455 bits per heavy atom. The summed E-state index contributed by atoms with van der Waals surface area (Å²) >= 11 is 0. The van der Waals surface area contributed by atoms with Crippen LogP contribution in [-0.4, -0.2) is 79.8 Å². The van der Waals surface area contributed by atoms with Gasteiger partial charge in [0.05, 0.1) is 39.9 Å². The average molecular weight is 1110 g/mol. The molecule has 0 saturated heterocycles. The fraction of sp³-hybridized carbons (Fsp3) is 0.925. The Morgan fingerprint density at radius 2 is 0.740 bits per heavy atom. The summed E-state index contributed by atoms with van der Waals surface area (Å²) < 4.78 is 23.3. The van der Waals surface area contributed by atoms with Gasteiger partial charge in [-0.2, -0.15) is 0 Å². The molecule has 0 saturated carbocycles. The molecule has 0 aromatic rings. The Bertz CT molecular complexity index is 1320. The lowest BCUT2D eigenvalue weighted by atomic mass is 10.0. The van der Waals surface area contributed by atoms with Crippen molar-refractivity contribution in [3.05, 3.63) is 24.3 Å². The van der Waals surface area contributed by atoms with Crippen LogP contribution in [-0.2, 0) is 18.4 Å². The van der Waals surface area contributed by atoms with Crippen LogP contribution in [0, 0.1) is 0 Å². The maximum atomic E-state index is 13.0. The van der Waals surface area contributed by atoms with Crippen LogP contribution >= 0.6 is 7.82 Å². The molecule has 458 valence electrons. The van der Waals surface area contributed by atoms with Crippen molar-refractivity contribution in [3.8, 4) is 0 Å². The molecule has 0 radical (unpaired) electrons. The first-order chi connectivity index (χ1) is 37.4. The Morgan fingerprint density at radius 3 is 1.05 bits per heavy atom. The molecule has 10 heteroatoms. The van der Waals surface area contributed by atoms with Gasteiger partial charge >= 0.3 is 0 Å². The summed E-state index contributed by atoms with van der Waals surface area (Å²) in [6, 6.07) is -1.09. The van der Waals surface area contributed by atoms with Gasteiger partial charge in [0.2, 0.25) is 5.91 Å². The molecule has 4 atom stereocenters. The molecule has 77 heavy (non-hydrogen) atoms. The monoisotopic (exact) mass is 1110 g/mol. The van der Waals surface area contributed by atoms with Gasteiger partial charge in [-0.15, -0.1) is 0 Å². The molecule has 0 aliphatic rings. The molecular formula is C67H133N2O7P. The number of carbonyl (C=O) groups is 1. The summed E-state index contributed by atoms with van der Waals surface area (Å²) in [7, 11) is 1.12. The highest BCUT2D eigenvalue weighted by Crippen LogP contribution is 2.38. The Labute approximate surface area is 479 Å². The van der Waals surface area contributed by atoms with Gasteiger partial charge in [0.15, 0.2) is 0 Å². The third kappa shape index (κ3) is 59.4. The van der Waals surface area contributed by atoms with E-state index in [1.165, 1.54) is 276 Å². The van der Waals surface area contributed by atoms with Crippen LogP contribution in [0.25, 0.3) is 0 Å². The van der Waals surface area contributed by atoms with E-state index in [2.05, 4.69) is 43.5 Å². The third-order valence-corrected chi connectivity index (χ3v) is 16.7. The van der Waals surface area contributed by atoms with Crippen LogP contribution < -0.4 is 10.2 Å². The SMILES string of the molecule is CCCCCCCCC/C=C/CCCC(O)C(O)C(COP(=O)([O-])OCC[N+](C)(C)C)NC(=O)CCCCCCCCCCCCCCCCCCCCCCCCCCCCCCC/C=C\CCCCCCCCCC.